The van der Waals surface area contributed by atoms with Crippen LogP contribution in [0.4, 0.5) is 5.69 Å². The van der Waals surface area contributed by atoms with E-state index in [1.807, 2.05) is 37.3 Å². The SMILES string of the molecule is CCN(C(=O)CCCCCNS(=O)(=O)c1ccc2c(c1)OCCO2)c1ccccc1. The Kier molecular flexibility index (Phi) is 7.70. The zero-order chi connectivity index (χ0) is 21.4. The minimum atomic E-state index is -3.61. The lowest BCUT2D eigenvalue weighted by molar-refractivity contribution is -0.118. The van der Waals surface area contributed by atoms with Gasteiger partial charge in [-0.05, 0) is 44.0 Å². The van der Waals surface area contributed by atoms with Crippen molar-refractivity contribution in [2.75, 3.05) is 31.2 Å². The number of sulfonamides is 1. The van der Waals surface area contributed by atoms with Crippen molar-refractivity contribution < 1.29 is 22.7 Å². The number of carbonyl (C=O) groups excluding carboxylic acids is 1. The fraction of sp³-hybridized carbons (Fsp3) is 0.409. The molecule has 7 nitrogen and oxygen atoms in total. The molecule has 8 heteroatoms. The minimum absolute atomic E-state index is 0.0839. The highest BCUT2D eigenvalue weighted by atomic mass is 32.2. The molecule has 30 heavy (non-hydrogen) atoms. The smallest absolute Gasteiger partial charge is 0.240 e. The summed E-state index contributed by atoms with van der Waals surface area (Å²) in [4.78, 5) is 14.4. The molecule has 1 aliphatic heterocycles. The molecule has 0 fully saturated rings. The average Bonchev–Trinajstić information content (AvgIpc) is 2.77. The molecule has 2 aromatic carbocycles. The van der Waals surface area contributed by atoms with E-state index in [9.17, 15) is 13.2 Å². The summed E-state index contributed by atoms with van der Waals surface area (Å²) >= 11 is 0. The van der Waals surface area contributed by atoms with Crippen molar-refractivity contribution in [3.8, 4) is 11.5 Å². The first-order valence-electron chi connectivity index (χ1n) is 10.3. The van der Waals surface area contributed by atoms with Crippen LogP contribution in [0.3, 0.4) is 0 Å². The maximum Gasteiger partial charge on any atom is 0.240 e. The van der Waals surface area contributed by atoms with E-state index in [1.165, 1.54) is 12.1 Å². The number of rotatable bonds is 10. The molecule has 0 unspecified atom stereocenters. The topological polar surface area (TPSA) is 84.9 Å². The third-order valence-corrected chi connectivity index (χ3v) is 6.33. The van der Waals surface area contributed by atoms with Crippen LogP contribution in [-0.2, 0) is 14.8 Å². The molecule has 1 amide bonds. The second kappa shape index (κ2) is 10.4. The third-order valence-electron chi connectivity index (χ3n) is 4.87. The van der Waals surface area contributed by atoms with E-state index in [4.69, 9.17) is 9.47 Å². The van der Waals surface area contributed by atoms with Crippen molar-refractivity contribution in [1.82, 2.24) is 4.72 Å². The van der Waals surface area contributed by atoms with Gasteiger partial charge in [-0.2, -0.15) is 0 Å². The van der Waals surface area contributed by atoms with E-state index >= 15 is 0 Å². The summed E-state index contributed by atoms with van der Waals surface area (Å²) in [5.74, 6) is 1.09. The van der Waals surface area contributed by atoms with Crippen LogP contribution in [-0.4, -0.2) is 40.6 Å². The fourth-order valence-electron chi connectivity index (χ4n) is 3.30. The maximum absolute atomic E-state index is 12.5. The molecule has 3 rings (SSSR count). The van der Waals surface area contributed by atoms with E-state index in [2.05, 4.69) is 4.72 Å². The number of nitrogens with zero attached hydrogens (tertiary/aromatic N) is 1. The lowest BCUT2D eigenvalue weighted by atomic mass is 10.1. The number of anilines is 1. The number of fused-ring (bicyclic) bond motifs is 1. The van der Waals surface area contributed by atoms with Gasteiger partial charge in [0.2, 0.25) is 15.9 Å². The van der Waals surface area contributed by atoms with Crippen LogP contribution in [0.2, 0.25) is 0 Å². The van der Waals surface area contributed by atoms with Crippen LogP contribution >= 0.6 is 0 Å². The van der Waals surface area contributed by atoms with E-state index in [-0.39, 0.29) is 10.8 Å². The molecule has 1 heterocycles. The monoisotopic (exact) mass is 432 g/mol. The predicted molar refractivity (Wildman–Crippen MR) is 116 cm³/mol. The van der Waals surface area contributed by atoms with Gasteiger partial charge in [0.05, 0.1) is 4.90 Å². The average molecular weight is 433 g/mol. The van der Waals surface area contributed by atoms with Gasteiger partial charge in [-0.15, -0.1) is 0 Å². The first-order chi connectivity index (χ1) is 14.5. The predicted octanol–water partition coefficient (Wildman–Crippen LogP) is 3.35. The van der Waals surface area contributed by atoms with Gasteiger partial charge in [-0.25, -0.2) is 13.1 Å². The number of hydrogen-bond donors (Lipinski definition) is 1. The van der Waals surface area contributed by atoms with Gasteiger partial charge in [0.25, 0.3) is 0 Å². The number of nitrogens with one attached hydrogen (secondary N) is 1. The highest BCUT2D eigenvalue weighted by Crippen LogP contribution is 2.32. The minimum Gasteiger partial charge on any atom is -0.486 e. The van der Waals surface area contributed by atoms with Gasteiger partial charge in [-0.3, -0.25) is 4.79 Å². The molecule has 1 N–H and O–H groups in total. The second-order valence-corrected chi connectivity index (χ2v) is 8.75. The summed E-state index contributed by atoms with van der Waals surface area (Å²) in [5, 5.41) is 0. The standard InChI is InChI=1S/C22H28N2O5S/c1-2-24(18-9-5-3-6-10-18)22(25)11-7-4-8-14-23-30(26,27)19-12-13-20-21(17-19)29-16-15-28-20/h3,5-6,9-10,12-13,17,23H,2,4,7-8,11,14-16H2,1H3. The highest BCUT2D eigenvalue weighted by molar-refractivity contribution is 7.89. The Balaban J connectivity index is 1.41. The van der Waals surface area contributed by atoms with Gasteiger partial charge in [0.15, 0.2) is 11.5 Å². The van der Waals surface area contributed by atoms with Gasteiger partial charge in [0.1, 0.15) is 13.2 Å². The van der Waals surface area contributed by atoms with Crippen LogP contribution in [0.25, 0.3) is 0 Å². The van der Waals surface area contributed by atoms with Crippen LogP contribution in [0.1, 0.15) is 32.6 Å². The van der Waals surface area contributed by atoms with Crippen LogP contribution < -0.4 is 19.1 Å². The van der Waals surface area contributed by atoms with Crippen molar-refractivity contribution in [2.24, 2.45) is 0 Å². The third kappa shape index (κ3) is 5.73. The number of para-hydroxylation sites is 1. The van der Waals surface area contributed by atoms with Crippen molar-refractivity contribution in [2.45, 2.75) is 37.5 Å². The number of benzene rings is 2. The molecular weight excluding hydrogens is 404 g/mol. The zero-order valence-corrected chi connectivity index (χ0v) is 18.0. The fourth-order valence-corrected chi connectivity index (χ4v) is 4.39. The van der Waals surface area contributed by atoms with Gasteiger partial charge >= 0.3 is 0 Å². The van der Waals surface area contributed by atoms with E-state index in [0.29, 0.717) is 57.1 Å². The van der Waals surface area contributed by atoms with Crippen LogP contribution in [0.15, 0.2) is 53.4 Å². The molecule has 162 valence electrons. The zero-order valence-electron chi connectivity index (χ0n) is 17.2. The number of ether oxygens (including phenoxy) is 2. The van der Waals surface area contributed by atoms with Crippen LogP contribution in [0, 0.1) is 0 Å². The summed E-state index contributed by atoms with van der Waals surface area (Å²) in [7, 11) is -3.61. The Morgan fingerprint density at radius 3 is 2.47 bits per heavy atom. The number of amides is 1. The lowest BCUT2D eigenvalue weighted by Crippen LogP contribution is -2.30. The highest BCUT2D eigenvalue weighted by Gasteiger charge is 2.19. The molecule has 2 aromatic rings. The largest absolute Gasteiger partial charge is 0.486 e. The quantitative estimate of drug-likeness (QED) is 0.582. The molecule has 0 bridgehead atoms. The van der Waals surface area contributed by atoms with Gasteiger partial charge in [-0.1, -0.05) is 24.6 Å². The number of unbranched alkanes of at least 4 members (excludes halogenated alkanes) is 2. The molecule has 0 aliphatic carbocycles. The summed E-state index contributed by atoms with van der Waals surface area (Å²) in [6.07, 6.45) is 2.59. The molecule has 0 saturated heterocycles. The first kappa shape index (κ1) is 22.1. The second-order valence-electron chi connectivity index (χ2n) is 6.99. The van der Waals surface area contributed by atoms with Crippen molar-refractivity contribution in [3.05, 3.63) is 48.5 Å². The lowest BCUT2D eigenvalue weighted by Gasteiger charge is -2.21. The van der Waals surface area contributed by atoms with Crippen LogP contribution in [0.5, 0.6) is 11.5 Å². The Bertz CT molecular complexity index is 947. The summed E-state index contributed by atoms with van der Waals surface area (Å²) in [6.45, 7) is 3.76. The first-order valence-corrected chi connectivity index (χ1v) is 11.7. The van der Waals surface area contributed by atoms with Crippen molar-refractivity contribution >= 4 is 21.6 Å². The van der Waals surface area contributed by atoms with E-state index < -0.39 is 10.0 Å². The van der Waals surface area contributed by atoms with Gasteiger partial charge in [0, 0.05) is 31.3 Å². The Labute approximate surface area is 178 Å². The Morgan fingerprint density at radius 1 is 1.00 bits per heavy atom. The van der Waals surface area contributed by atoms with Gasteiger partial charge < -0.3 is 14.4 Å². The van der Waals surface area contributed by atoms with E-state index in [1.54, 1.807) is 11.0 Å². The maximum atomic E-state index is 12.5. The summed E-state index contributed by atoms with van der Waals surface area (Å²) < 4.78 is 38.4. The number of carbonyl (C=O) groups is 1. The van der Waals surface area contributed by atoms with E-state index in [0.717, 1.165) is 12.1 Å². The Hall–Kier alpha value is -2.58. The molecule has 0 saturated carbocycles. The molecule has 0 radical (unpaired) electrons. The normalized spacial score (nSPS) is 13.1. The van der Waals surface area contributed by atoms with Crippen molar-refractivity contribution in [3.63, 3.8) is 0 Å². The Morgan fingerprint density at radius 2 is 1.73 bits per heavy atom. The molecule has 0 aromatic heterocycles. The number of hydrogen-bond acceptors (Lipinski definition) is 5. The molecular formula is C22H28N2O5S. The summed E-state index contributed by atoms with van der Waals surface area (Å²) in [6, 6.07) is 14.2. The molecule has 0 atom stereocenters. The molecule has 0 spiro atoms. The van der Waals surface area contributed by atoms with Crippen molar-refractivity contribution in [1.29, 1.82) is 0 Å². The summed E-state index contributed by atoms with van der Waals surface area (Å²) in [5.41, 5.74) is 0.900. The molecule has 1 aliphatic rings.